The first kappa shape index (κ1) is 14.8. The van der Waals surface area contributed by atoms with Crippen molar-refractivity contribution in [2.75, 3.05) is 12.0 Å². The summed E-state index contributed by atoms with van der Waals surface area (Å²) in [7, 11) is 0. The first-order chi connectivity index (χ1) is 9.60. The lowest BCUT2D eigenvalue weighted by atomic mass is 9.89. The van der Waals surface area contributed by atoms with Gasteiger partial charge < -0.3 is 10.3 Å². The van der Waals surface area contributed by atoms with Gasteiger partial charge in [-0.2, -0.15) is 0 Å². The molecule has 0 bridgehead atoms. The minimum atomic E-state index is 0.237. The number of pyridine rings is 1. The van der Waals surface area contributed by atoms with Crippen molar-refractivity contribution >= 4 is 11.6 Å². The number of hydrogen-bond acceptors (Lipinski definition) is 4. The fraction of sp³-hybridized carbons (Fsp3) is 0.600. The summed E-state index contributed by atoms with van der Waals surface area (Å²) in [5.74, 6) is 6.93. The molecule has 5 heteroatoms. The van der Waals surface area contributed by atoms with Crippen LogP contribution in [0, 0.1) is 11.8 Å². The van der Waals surface area contributed by atoms with Crippen LogP contribution in [0.15, 0.2) is 18.3 Å². The molecule has 2 rings (SSSR count). The number of nitrogens with one attached hydrogen (secondary N) is 1. The Bertz CT molecular complexity index is 461. The maximum atomic E-state index is 12.2. The van der Waals surface area contributed by atoms with Crippen molar-refractivity contribution in [1.29, 1.82) is 0 Å². The zero-order chi connectivity index (χ0) is 14.5. The van der Waals surface area contributed by atoms with Crippen LogP contribution >= 0.6 is 0 Å². The average molecular weight is 276 g/mol. The topological polar surface area (TPSA) is 71.2 Å². The Kier molecular flexibility index (Phi) is 4.95. The molecule has 0 radical (unpaired) electrons. The molecule has 0 spiro atoms. The van der Waals surface area contributed by atoms with Crippen LogP contribution in [0.5, 0.6) is 0 Å². The van der Waals surface area contributed by atoms with Crippen LogP contribution in [0.1, 0.15) is 38.8 Å². The van der Waals surface area contributed by atoms with Gasteiger partial charge in [0.05, 0.1) is 17.9 Å². The van der Waals surface area contributed by atoms with Crippen LogP contribution in [0.3, 0.4) is 0 Å². The molecule has 1 fully saturated rings. The van der Waals surface area contributed by atoms with Crippen LogP contribution in [0.2, 0.25) is 0 Å². The molecule has 1 atom stereocenters. The highest BCUT2D eigenvalue weighted by atomic mass is 16.2. The lowest BCUT2D eigenvalue weighted by Gasteiger charge is -2.21. The molecular formula is C15H24N4O. The highest BCUT2D eigenvalue weighted by molar-refractivity contribution is 5.76. The van der Waals surface area contributed by atoms with E-state index in [2.05, 4.69) is 24.3 Å². The minimum Gasteiger partial charge on any atom is -0.337 e. The molecule has 0 aliphatic carbocycles. The lowest BCUT2D eigenvalue weighted by molar-refractivity contribution is -0.131. The summed E-state index contributed by atoms with van der Waals surface area (Å²) in [4.78, 5) is 18.4. The van der Waals surface area contributed by atoms with E-state index < -0.39 is 0 Å². The Hall–Kier alpha value is -1.62. The van der Waals surface area contributed by atoms with Gasteiger partial charge in [-0.3, -0.25) is 15.6 Å². The number of likely N-dealkylation sites (tertiary alicyclic amines) is 1. The van der Waals surface area contributed by atoms with E-state index in [9.17, 15) is 4.79 Å². The highest BCUT2D eigenvalue weighted by Gasteiger charge is 2.24. The van der Waals surface area contributed by atoms with Gasteiger partial charge in [-0.05, 0) is 36.8 Å². The second kappa shape index (κ2) is 6.70. The second-order valence-corrected chi connectivity index (χ2v) is 5.83. The number of hydrazine groups is 1. The molecule has 1 unspecified atom stereocenters. The van der Waals surface area contributed by atoms with Gasteiger partial charge in [-0.1, -0.05) is 13.8 Å². The van der Waals surface area contributed by atoms with Crippen molar-refractivity contribution in [3.05, 3.63) is 24.0 Å². The average Bonchev–Trinajstić information content (AvgIpc) is 2.62. The summed E-state index contributed by atoms with van der Waals surface area (Å²) in [6.45, 7) is 5.87. The minimum absolute atomic E-state index is 0.237. The van der Waals surface area contributed by atoms with Crippen molar-refractivity contribution in [3.63, 3.8) is 0 Å². The quantitative estimate of drug-likeness (QED) is 0.653. The number of rotatable bonds is 4. The number of anilines is 1. The van der Waals surface area contributed by atoms with E-state index >= 15 is 0 Å². The van der Waals surface area contributed by atoms with E-state index in [0.717, 1.165) is 30.8 Å². The van der Waals surface area contributed by atoms with Gasteiger partial charge >= 0.3 is 0 Å². The molecule has 110 valence electrons. The van der Waals surface area contributed by atoms with Gasteiger partial charge in [0.25, 0.3) is 0 Å². The lowest BCUT2D eigenvalue weighted by Crippen LogP contribution is -2.30. The van der Waals surface area contributed by atoms with E-state index in [1.165, 1.54) is 0 Å². The Balaban J connectivity index is 2.02. The molecule has 2 heterocycles. The van der Waals surface area contributed by atoms with Gasteiger partial charge in [0.15, 0.2) is 0 Å². The van der Waals surface area contributed by atoms with Crippen molar-refractivity contribution in [2.45, 2.75) is 39.7 Å². The summed E-state index contributed by atoms with van der Waals surface area (Å²) < 4.78 is 0. The molecule has 0 saturated carbocycles. The van der Waals surface area contributed by atoms with Crippen LogP contribution in [0.25, 0.3) is 0 Å². The molecule has 1 aromatic heterocycles. The summed E-state index contributed by atoms with van der Waals surface area (Å²) in [5.41, 5.74) is 4.30. The molecule has 1 saturated heterocycles. The van der Waals surface area contributed by atoms with E-state index in [-0.39, 0.29) is 5.91 Å². The van der Waals surface area contributed by atoms with Crippen molar-refractivity contribution in [1.82, 2.24) is 9.88 Å². The van der Waals surface area contributed by atoms with Crippen molar-refractivity contribution in [2.24, 2.45) is 17.7 Å². The monoisotopic (exact) mass is 276 g/mol. The first-order valence-corrected chi connectivity index (χ1v) is 7.29. The smallest absolute Gasteiger partial charge is 0.222 e. The number of carbonyl (C=O) groups excluding carboxylic acids is 1. The summed E-state index contributed by atoms with van der Waals surface area (Å²) in [6, 6.07) is 3.70. The molecular weight excluding hydrogens is 252 g/mol. The molecule has 3 N–H and O–H groups in total. The maximum absolute atomic E-state index is 12.2. The standard InChI is InChI=1S/C15H24N4O/c1-11(2)12-3-4-15(20)19(8-6-12)10-14-9-13(18-16)5-7-17-14/h5,7,9,11-12H,3-4,6,8,10,16H2,1-2H3,(H,17,18). The van der Waals surface area contributed by atoms with E-state index in [1.54, 1.807) is 6.20 Å². The van der Waals surface area contributed by atoms with E-state index in [0.29, 0.717) is 24.8 Å². The number of nitrogen functional groups attached to an aromatic ring is 1. The zero-order valence-electron chi connectivity index (χ0n) is 12.3. The third-order valence-corrected chi connectivity index (χ3v) is 4.13. The Morgan fingerprint density at radius 1 is 1.50 bits per heavy atom. The normalized spacial score (nSPS) is 20.1. The Morgan fingerprint density at radius 3 is 3.00 bits per heavy atom. The number of nitrogens with two attached hydrogens (primary N) is 1. The summed E-state index contributed by atoms with van der Waals surface area (Å²) >= 11 is 0. The predicted octanol–water partition coefficient (Wildman–Crippen LogP) is 2.15. The number of hydrogen-bond donors (Lipinski definition) is 2. The third kappa shape index (κ3) is 3.70. The molecule has 1 amide bonds. The van der Waals surface area contributed by atoms with Gasteiger partial charge in [0, 0.05) is 19.2 Å². The predicted molar refractivity (Wildman–Crippen MR) is 79.6 cm³/mol. The van der Waals surface area contributed by atoms with Crippen LogP contribution in [-0.2, 0) is 11.3 Å². The molecule has 20 heavy (non-hydrogen) atoms. The van der Waals surface area contributed by atoms with Gasteiger partial charge in [0.1, 0.15) is 0 Å². The first-order valence-electron chi connectivity index (χ1n) is 7.29. The molecule has 1 aromatic rings. The summed E-state index contributed by atoms with van der Waals surface area (Å²) in [5, 5.41) is 0. The largest absolute Gasteiger partial charge is 0.337 e. The molecule has 1 aliphatic heterocycles. The van der Waals surface area contributed by atoms with Gasteiger partial charge in [0.2, 0.25) is 5.91 Å². The number of nitrogens with zero attached hydrogens (tertiary/aromatic N) is 2. The SMILES string of the molecule is CC(C)C1CCC(=O)N(Cc2cc(NN)ccn2)CC1. The van der Waals surface area contributed by atoms with Gasteiger partial charge in [-0.25, -0.2) is 0 Å². The zero-order valence-corrected chi connectivity index (χ0v) is 12.3. The summed E-state index contributed by atoms with van der Waals surface area (Å²) in [6.07, 6.45) is 4.45. The van der Waals surface area contributed by atoms with E-state index in [4.69, 9.17) is 5.84 Å². The fourth-order valence-electron chi connectivity index (χ4n) is 2.74. The molecule has 0 aromatic carbocycles. The fourth-order valence-corrected chi connectivity index (χ4v) is 2.74. The van der Waals surface area contributed by atoms with Crippen LogP contribution < -0.4 is 11.3 Å². The molecule has 1 aliphatic rings. The second-order valence-electron chi connectivity index (χ2n) is 5.83. The van der Waals surface area contributed by atoms with Crippen molar-refractivity contribution in [3.8, 4) is 0 Å². The van der Waals surface area contributed by atoms with Crippen molar-refractivity contribution < 1.29 is 4.79 Å². The number of carbonyl (C=O) groups is 1. The Morgan fingerprint density at radius 2 is 2.30 bits per heavy atom. The van der Waals surface area contributed by atoms with Crippen LogP contribution in [-0.4, -0.2) is 22.3 Å². The highest BCUT2D eigenvalue weighted by Crippen LogP contribution is 2.25. The van der Waals surface area contributed by atoms with Crippen LogP contribution in [0.4, 0.5) is 5.69 Å². The molecule has 5 nitrogen and oxygen atoms in total. The number of aromatic nitrogens is 1. The third-order valence-electron chi connectivity index (χ3n) is 4.13. The van der Waals surface area contributed by atoms with Gasteiger partial charge in [-0.15, -0.1) is 0 Å². The van der Waals surface area contributed by atoms with E-state index in [1.807, 2.05) is 17.0 Å². The number of amides is 1. The maximum Gasteiger partial charge on any atom is 0.222 e. The Labute approximate surface area is 120 Å².